The lowest BCUT2D eigenvalue weighted by Crippen LogP contribution is -2.47. The van der Waals surface area contributed by atoms with Gasteiger partial charge in [0.05, 0.1) is 12.2 Å². The van der Waals surface area contributed by atoms with Gasteiger partial charge in [-0.15, -0.1) is 0 Å². The Morgan fingerprint density at radius 3 is 3.00 bits per heavy atom. The Labute approximate surface area is 182 Å². The molecule has 0 bridgehead atoms. The SMILES string of the molecule is CN=C(NCCCN1C(=O)COc2ccccc21)NC1CCc2nc(C(C)C)nn2C1. The number of ether oxygens (including phenoxy) is 1. The Balaban J connectivity index is 1.26. The Bertz CT molecular complexity index is 953. The summed E-state index contributed by atoms with van der Waals surface area (Å²) in [6.45, 7) is 6.46. The van der Waals surface area contributed by atoms with E-state index >= 15 is 0 Å². The number of fused-ring (bicyclic) bond motifs is 2. The highest BCUT2D eigenvalue weighted by Crippen LogP contribution is 2.31. The molecule has 2 aromatic rings. The predicted molar refractivity (Wildman–Crippen MR) is 120 cm³/mol. The van der Waals surface area contributed by atoms with Gasteiger partial charge >= 0.3 is 0 Å². The van der Waals surface area contributed by atoms with E-state index in [1.165, 1.54) is 0 Å². The van der Waals surface area contributed by atoms with Gasteiger partial charge in [-0.05, 0) is 25.0 Å². The van der Waals surface area contributed by atoms with Crippen molar-refractivity contribution in [3.05, 3.63) is 35.9 Å². The summed E-state index contributed by atoms with van der Waals surface area (Å²) in [5.41, 5.74) is 0.841. The summed E-state index contributed by atoms with van der Waals surface area (Å²) >= 11 is 0. The molecule has 2 aliphatic heterocycles. The van der Waals surface area contributed by atoms with E-state index in [2.05, 4.69) is 39.6 Å². The van der Waals surface area contributed by atoms with Crippen molar-refractivity contribution >= 4 is 17.6 Å². The van der Waals surface area contributed by atoms with Crippen LogP contribution in [0.3, 0.4) is 0 Å². The third kappa shape index (κ3) is 4.81. The molecule has 4 rings (SSSR count). The normalized spacial score (nSPS) is 18.5. The van der Waals surface area contributed by atoms with Gasteiger partial charge in [0.2, 0.25) is 0 Å². The standard InChI is InChI=1S/C22H31N7O2/c1-15(2)21-26-19-10-9-16(13-29(19)27-21)25-22(23-3)24-11-6-12-28-17-7-4-5-8-18(17)31-14-20(28)30/h4-5,7-8,15-16H,6,9-14H2,1-3H3,(H2,23,24,25). The van der Waals surface area contributed by atoms with E-state index in [1.54, 1.807) is 11.9 Å². The number of carbonyl (C=O) groups excluding carboxylic acids is 1. The molecule has 0 saturated carbocycles. The van der Waals surface area contributed by atoms with Crippen LogP contribution in [0.4, 0.5) is 5.69 Å². The maximum atomic E-state index is 12.3. The number of hydrogen-bond donors (Lipinski definition) is 2. The molecule has 0 spiro atoms. The second-order valence-corrected chi connectivity index (χ2v) is 8.26. The number of para-hydroxylation sites is 2. The first-order valence-electron chi connectivity index (χ1n) is 11.0. The third-order valence-corrected chi connectivity index (χ3v) is 5.61. The molecule has 0 radical (unpaired) electrons. The Morgan fingerprint density at radius 2 is 2.19 bits per heavy atom. The minimum atomic E-state index is -0.00665. The molecule has 1 aromatic heterocycles. The minimum Gasteiger partial charge on any atom is -0.482 e. The topological polar surface area (TPSA) is 96.7 Å². The number of anilines is 1. The number of aryl methyl sites for hydroxylation is 1. The van der Waals surface area contributed by atoms with Crippen LogP contribution in [0.1, 0.15) is 44.3 Å². The molecule has 2 N–H and O–H groups in total. The fourth-order valence-electron chi connectivity index (χ4n) is 3.92. The van der Waals surface area contributed by atoms with E-state index in [0.717, 1.165) is 54.9 Å². The molecule has 1 amide bonds. The molecule has 0 fully saturated rings. The quantitative estimate of drug-likeness (QED) is 0.415. The van der Waals surface area contributed by atoms with E-state index in [1.807, 2.05) is 28.9 Å². The molecule has 1 atom stereocenters. The number of aromatic nitrogens is 3. The fraction of sp³-hybridized carbons (Fsp3) is 0.545. The average Bonchev–Trinajstić information content (AvgIpc) is 3.21. The first-order valence-corrected chi connectivity index (χ1v) is 11.0. The Morgan fingerprint density at radius 1 is 1.35 bits per heavy atom. The molecule has 9 heteroatoms. The maximum absolute atomic E-state index is 12.3. The molecule has 1 unspecified atom stereocenters. The van der Waals surface area contributed by atoms with Gasteiger partial charge in [-0.25, -0.2) is 9.67 Å². The molecule has 2 aliphatic rings. The molecule has 9 nitrogen and oxygen atoms in total. The lowest BCUT2D eigenvalue weighted by atomic mass is 10.1. The lowest BCUT2D eigenvalue weighted by Gasteiger charge is -2.29. The Hall–Kier alpha value is -3.10. The van der Waals surface area contributed by atoms with Crippen molar-refractivity contribution in [2.24, 2.45) is 4.99 Å². The van der Waals surface area contributed by atoms with Gasteiger partial charge in [0, 0.05) is 38.5 Å². The second-order valence-electron chi connectivity index (χ2n) is 8.26. The number of benzene rings is 1. The summed E-state index contributed by atoms with van der Waals surface area (Å²) in [7, 11) is 1.78. The largest absolute Gasteiger partial charge is 0.482 e. The van der Waals surface area contributed by atoms with Gasteiger partial charge in [0.1, 0.15) is 11.6 Å². The van der Waals surface area contributed by atoms with Crippen LogP contribution in [-0.4, -0.2) is 59.4 Å². The molecule has 166 valence electrons. The first kappa shape index (κ1) is 21.1. The van der Waals surface area contributed by atoms with Crippen LogP contribution in [0.2, 0.25) is 0 Å². The van der Waals surface area contributed by atoms with Gasteiger partial charge < -0.3 is 20.3 Å². The van der Waals surface area contributed by atoms with Crippen LogP contribution >= 0.6 is 0 Å². The van der Waals surface area contributed by atoms with Gasteiger partial charge in [-0.2, -0.15) is 5.10 Å². The number of hydrogen-bond acceptors (Lipinski definition) is 5. The van der Waals surface area contributed by atoms with E-state index in [-0.39, 0.29) is 18.6 Å². The van der Waals surface area contributed by atoms with E-state index in [9.17, 15) is 4.79 Å². The van der Waals surface area contributed by atoms with Crippen molar-refractivity contribution in [3.63, 3.8) is 0 Å². The number of rotatable bonds is 6. The molecule has 0 saturated heterocycles. The van der Waals surface area contributed by atoms with Crippen LogP contribution < -0.4 is 20.3 Å². The highest BCUT2D eigenvalue weighted by molar-refractivity contribution is 5.97. The second kappa shape index (κ2) is 9.36. The number of amides is 1. The van der Waals surface area contributed by atoms with Crippen molar-refractivity contribution < 1.29 is 9.53 Å². The smallest absolute Gasteiger partial charge is 0.265 e. The zero-order chi connectivity index (χ0) is 21.8. The number of nitrogens with one attached hydrogen (secondary N) is 2. The molecule has 3 heterocycles. The van der Waals surface area contributed by atoms with Gasteiger partial charge in [0.25, 0.3) is 5.91 Å². The molecule has 1 aromatic carbocycles. The fourth-order valence-corrected chi connectivity index (χ4v) is 3.92. The summed E-state index contributed by atoms with van der Waals surface area (Å²) in [6, 6.07) is 7.92. The van der Waals surface area contributed by atoms with Crippen LogP contribution in [0.5, 0.6) is 5.75 Å². The monoisotopic (exact) mass is 425 g/mol. The van der Waals surface area contributed by atoms with Crippen LogP contribution in [0.25, 0.3) is 0 Å². The minimum absolute atomic E-state index is 0.00665. The van der Waals surface area contributed by atoms with Crippen molar-refractivity contribution in [1.82, 2.24) is 25.4 Å². The van der Waals surface area contributed by atoms with Crippen molar-refractivity contribution in [1.29, 1.82) is 0 Å². The zero-order valence-corrected chi connectivity index (χ0v) is 18.5. The number of nitrogens with zero attached hydrogens (tertiary/aromatic N) is 5. The first-order chi connectivity index (χ1) is 15.0. The predicted octanol–water partition coefficient (Wildman–Crippen LogP) is 1.70. The van der Waals surface area contributed by atoms with Gasteiger partial charge in [-0.1, -0.05) is 26.0 Å². The summed E-state index contributed by atoms with van der Waals surface area (Å²) in [5.74, 6) is 3.85. The highest BCUT2D eigenvalue weighted by atomic mass is 16.5. The van der Waals surface area contributed by atoms with E-state index in [0.29, 0.717) is 19.0 Å². The zero-order valence-electron chi connectivity index (χ0n) is 18.5. The Kier molecular flexibility index (Phi) is 6.39. The van der Waals surface area contributed by atoms with Gasteiger partial charge in [-0.3, -0.25) is 9.79 Å². The summed E-state index contributed by atoms with van der Waals surface area (Å²) in [4.78, 5) is 23.1. The molecular weight excluding hydrogens is 394 g/mol. The number of guanidine groups is 1. The van der Waals surface area contributed by atoms with Crippen molar-refractivity contribution in [3.8, 4) is 5.75 Å². The van der Waals surface area contributed by atoms with E-state index < -0.39 is 0 Å². The summed E-state index contributed by atoms with van der Waals surface area (Å²) < 4.78 is 7.52. The summed E-state index contributed by atoms with van der Waals surface area (Å²) in [5, 5.41) is 11.5. The molecule has 0 aliphatic carbocycles. The van der Waals surface area contributed by atoms with Crippen molar-refractivity contribution in [2.75, 3.05) is 31.6 Å². The van der Waals surface area contributed by atoms with Crippen molar-refractivity contribution in [2.45, 2.75) is 51.6 Å². The summed E-state index contributed by atoms with van der Waals surface area (Å²) in [6.07, 6.45) is 2.71. The maximum Gasteiger partial charge on any atom is 0.265 e. The van der Waals surface area contributed by atoms with Crippen LogP contribution in [0, 0.1) is 0 Å². The van der Waals surface area contributed by atoms with Gasteiger partial charge in [0.15, 0.2) is 18.4 Å². The third-order valence-electron chi connectivity index (χ3n) is 5.61. The average molecular weight is 426 g/mol. The molecule has 31 heavy (non-hydrogen) atoms. The van der Waals surface area contributed by atoms with Crippen LogP contribution in [-0.2, 0) is 17.8 Å². The number of aliphatic imine (C=N–C) groups is 1. The van der Waals surface area contributed by atoms with E-state index in [4.69, 9.17) is 4.74 Å². The lowest BCUT2D eigenvalue weighted by molar-refractivity contribution is -0.121. The van der Waals surface area contributed by atoms with Crippen LogP contribution in [0.15, 0.2) is 29.3 Å². The number of carbonyl (C=O) groups is 1. The molecular formula is C22H31N7O2. The highest BCUT2D eigenvalue weighted by Gasteiger charge is 2.25.